The van der Waals surface area contributed by atoms with Gasteiger partial charge in [-0.15, -0.1) is 0 Å². The Labute approximate surface area is 305 Å². The van der Waals surface area contributed by atoms with E-state index in [0.29, 0.717) is 58.1 Å². The molecule has 270 valence electrons. The smallest absolute Gasteiger partial charge is 0.306 e. The van der Waals surface area contributed by atoms with Crippen molar-refractivity contribution in [3.05, 3.63) is 63.8 Å². The van der Waals surface area contributed by atoms with Crippen molar-refractivity contribution >= 4 is 57.5 Å². The van der Waals surface area contributed by atoms with Crippen LogP contribution in [0.1, 0.15) is 86.6 Å². The third kappa shape index (κ3) is 8.58. The Balaban J connectivity index is 1.12. The van der Waals surface area contributed by atoms with Crippen molar-refractivity contribution in [2.45, 2.75) is 83.2 Å². The SMILES string of the molecule is COCCC1CCC([C@@H]2CC(C(=O)Cc3cc(Cl)c(NC(=O)c4cn(C)c5ccccc45)cc3Cl)[C@H](COC3CCC(C(=O)O)CC3)C2)CC1. The van der Waals surface area contributed by atoms with Crippen LogP contribution >= 0.6 is 23.2 Å². The molecule has 3 aliphatic carbocycles. The molecule has 1 aromatic heterocycles. The van der Waals surface area contributed by atoms with Crippen LogP contribution in [0.4, 0.5) is 5.69 Å². The van der Waals surface area contributed by atoms with Crippen LogP contribution in [0.25, 0.3) is 10.9 Å². The number of nitrogens with zero attached hydrogens (tertiary/aromatic N) is 1. The van der Waals surface area contributed by atoms with E-state index in [2.05, 4.69) is 5.32 Å². The molecule has 2 N–H and O–H groups in total. The summed E-state index contributed by atoms with van der Waals surface area (Å²) in [5.41, 5.74) is 2.54. The maximum atomic E-state index is 14.1. The number of halogens is 2. The van der Waals surface area contributed by atoms with E-state index >= 15 is 0 Å². The fourth-order valence-electron chi connectivity index (χ4n) is 8.95. The number of aryl methyl sites for hydroxylation is 1. The number of Topliss-reactive ketones (excluding diaryl/α,β-unsaturated/α-hetero) is 1. The van der Waals surface area contributed by atoms with E-state index in [4.69, 9.17) is 32.7 Å². The molecule has 6 rings (SSSR count). The van der Waals surface area contributed by atoms with Crippen molar-refractivity contribution in [3.8, 4) is 0 Å². The molecule has 1 amide bonds. The molecule has 0 saturated heterocycles. The van der Waals surface area contributed by atoms with Gasteiger partial charge in [-0.05, 0) is 105 Å². The highest BCUT2D eigenvalue weighted by atomic mass is 35.5. The van der Waals surface area contributed by atoms with Gasteiger partial charge in [0, 0.05) is 55.2 Å². The Bertz CT molecular complexity index is 1670. The molecule has 3 atom stereocenters. The van der Waals surface area contributed by atoms with Crippen molar-refractivity contribution in [2.75, 3.05) is 25.6 Å². The molecule has 3 fully saturated rings. The second kappa shape index (κ2) is 16.6. The van der Waals surface area contributed by atoms with Crippen LogP contribution in [-0.4, -0.2) is 53.8 Å². The van der Waals surface area contributed by atoms with E-state index in [0.717, 1.165) is 55.5 Å². The number of benzene rings is 2. The summed E-state index contributed by atoms with van der Waals surface area (Å²) in [6.07, 6.45) is 12.5. The molecule has 1 heterocycles. The lowest BCUT2D eigenvalue weighted by Gasteiger charge is -2.32. The topological polar surface area (TPSA) is 107 Å². The first kappa shape index (κ1) is 36.9. The standard InChI is InChI=1S/C40H50Cl2N2O6/c1-44-22-33(31-5-3-4-6-37(31)44)39(46)43-36-21-34(41)28(19-35(36)42)20-38(45)32-18-27(25-9-7-24(8-10-25)15-16-49-2)17-29(32)23-50-30-13-11-26(12-14-30)40(47)48/h3-6,19,21-22,24-27,29-30,32H,7-18,20,23H2,1-2H3,(H,43,46)(H,47,48)/t24?,25?,26?,27-,29-,30?,32?/m0/s1. The monoisotopic (exact) mass is 724 g/mol. The third-order valence-corrected chi connectivity index (χ3v) is 12.6. The van der Waals surface area contributed by atoms with Gasteiger partial charge >= 0.3 is 5.97 Å². The highest BCUT2D eigenvalue weighted by Gasteiger charge is 2.42. The Morgan fingerprint density at radius 3 is 2.40 bits per heavy atom. The first-order chi connectivity index (χ1) is 24.1. The summed E-state index contributed by atoms with van der Waals surface area (Å²) in [7, 11) is 3.67. The van der Waals surface area contributed by atoms with Gasteiger partial charge in [-0.3, -0.25) is 14.4 Å². The van der Waals surface area contributed by atoms with E-state index in [9.17, 15) is 19.5 Å². The minimum absolute atomic E-state index is 0.0431. The number of aliphatic carboxylic acids is 1. The second-order valence-corrected chi connectivity index (χ2v) is 15.8. The molecule has 0 radical (unpaired) electrons. The summed E-state index contributed by atoms with van der Waals surface area (Å²) in [5, 5.41) is 13.9. The lowest BCUT2D eigenvalue weighted by Crippen LogP contribution is -2.30. The molecule has 10 heteroatoms. The van der Waals surface area contributed by atoms with Gasteiger partial charge in [-0.1, -0.05) is 54.2 Å². The molecule has 1 unspecified atom stereocenters. The number of para-hydroxylation sites is 1. The lowest BCUT2D eigenvalue weighted by molar-refractivity contribution is -0.144. The summed E-state index contributed by atoms with van der Waals surface area (Å²) in [6.45, 7) is 1.33. The van der Waals surface area contributed by atoms with Crippen LogP contribution in [0.2, 0.25) is 10.0 Å². The van der Waals surface area contributed by atoms with Gasteiger partial charge in [0.1, 0.15) is 5.78 Å². The highest BCUT2D eigenvalue weighted by Crippen LogP contribution is 2.47. The molecule has 3 aliphatic rings. The van der Waals surface area contributed by atoms with Gasteiger partial charge in [-0.25, -0.2) is 0 Å². The van der Waals surface area contributed by atoms with Gasteiger partial charge in [0.15, 0.2) is 0 Å². The van der Waals surface area contributed by atoms with Crippen LogP contribution in [0, 0.1) is 35.5 Å². The highest BCUT2D eigenvalue weighted by molar-refractivity contribution is 6.36. The van der Waals surface area contributed by atoms with Crippen molar-refractivity contribution < 1.29 is 29.0 Å². The number of aromatic nitrogens is 1. The van der Waals surface area contributed by atoms with Crippen LogP contribution in [-0.2, 0) is 32.5 Å². The fourth-order valence-corrected chi connectivity index (χ4v) is 9.41. The van der Waals surface area contributed by atoms with Crippen molar-refractivity contribution in [1.29, 1.82) is 0 Å². The number of carboxylic acids is 1. The normalized spacial score (nSPS) is 27.0. The maximum absolute atomic E-state index is 14.1. The molecule has 0 spiro atoms. The van der Waals surface area contributed by atoms with Crippen molar-refractivity contribution in [1.82, 2.24) is 4.57 Å². The number of ketones is 1. The lowest BCUT2D eigenvalue weighted by atomic mass is 9.74. The number of ether oxygens (including phenoxy) is 2. The number of carboxylic acid groups (broad SMARTS) is 1. The number of rotatable bonds is 13. The number of nitrogens with one attached hydrogen (secondary N) is 1. The Kier molecular flexibility index (Phi) is 12.3. The van der Waals surface area contributed by atoms with Gasteiger partial charge in [0.25, 0.3) is 5.91 Å². The number of anilines is 1. The molecule has 3 saturated carbocycles. The predicted octanol–water partition coefficient (Wildman–Crippen LogP) is 8.99. The number of hydrogen-bond acceptors (Lipinski definition) is 5. The Hall–Kier alpha value is -2.91. The summed E-state index contributed by atoms with van der Waals surface area (Å²) in [5.74, 6) is 0.653. The number of amides is 1. The van der Waals surface area contributed by atoms with Gasteiger partial charge < -0.3 is 24.5 Å². The minimum atomic E-state index is -0.719. The molecule has 0 aliphatic heterocycles. The summed E-state index contributed by atoms with van der Waals surface area (Å²) in [4.78, 5) is 38.9. The molecule has 3 aromatic rings. The maximum Gasteiger partial charge on any atom is 0.306 e. The van der Waals surface area contributed by atoms with E-state index in [-0.39, 0.29) is 42.0 Å². The van der Waals surface area contributed by atoms with Crippen LogP contribution < -0.4 is 5.32 Å². The summed E-state index contributed by atoms with van der Waals surface area (Å²) >= 11 is 13.5. The zero-order chi connectivity index (χ0) is 35.4. The van der Waals surface area contributed by atoms with Crippen LogP contribution in [0.3, 0.4) is 0 Å². The largest absolute Gasteiger partial charge is 0.481 e. The number of methoxy groups -OCH3 is 1. The fraction of sp³-hybridized carbons (Fsp3) is 0.575. The van der Waals surface area contributed by atoms with Crippen LogP contribution in [0.15, 0.2) is 42.6 Å². The second-order valence-electron chi connectivity index (χ2n) is 15.0. The van der Waals surface area contributed by atoms with Gasteiger partial charge in [-0.2, -0.15) is 0 Å². The van der Waals surface area contributed by atoms with Crippen molar-refractivity contribution in [2.24, 2.45) is 42.6 Å². The van der Waals surface area contributed by atoms with Crippen LogP contribution in [0.5, 0.6) is 0 Å². The first-order valence-electron chi connectivity index (χ1n) is 18.3. The Morgan fingerprint density at radius 2 is 1.68 bits per heavy atom. The minimum Gasteiger partial charge on any atom is -0.481 e. The van der Waals surface area contributed by atoms with E-state index in [1.54, 1.807) is 25.4 Å². The Morgan fingerprint density at radius 1 is 0.940 bits per heavy atom. The molecule has 50 heavy (non-hydrogen) atoms. The number of carbonyl (C=O) groups excluding carboxylic acids is 2. The number of fused-ring (bicyclic) bond motifs is 1. The van der Waals surface area contributed by atoms with E-state index < -0.39 is 5.97 Å². The molecule has 0 bridgehead atoms. The quantitative estimate of drug-likeness (QED) is 0.182. The summed E-state index contributed by atoms with van der Waals surface area (Å²) in [6, 6.07) is 11.1. The summed E-state index contributed by atoms with van der Waals surface area (Å²) < 4.78 is 13.7. The third-order valence-electron chi connectivity index (χ3n) is 11.9. The molecule has 2 aromatic carbocycles. The van der Waals surface area contributed by atoms with E-state index in [1.165, 1.54) is 25.7 Å². The van der Waals surface area contributed by atoms with Crippen molar-refractivity contribution in [3.63, 3.8) is 0 Å². The zero-order valence-corrected chi connectivity index (χ0v) is 30.7. The number of hydrogen-bond donors (Lipinski definition) is 2. The van der Waals surface area contributed by atoms with Gasteiger partial charge in [0.05, 0.1) is 34.9 Å². The van der Waals surface area contributed by atoms with E-state index in [1.807, 2.05) is 35.9 Å². The molecular weight excluding hydrogens is 675 g/mol. The average molecular weight is 726 g/mol. The first-order valence-corrected chi connectivity index (χ1v) is 19.1. The zero-order valence-electron chi connectivity index (χ0n) is 29.2. The number of carbonyl (C=O) groups is 3. The van der Waals surface area contributed by atoms with Gasteiger partial charge in [0.2, 0.25) is 0 Å². The predicted molar refractivity (Wildman–Crippen MR) is 197 cm³/mol. The molecule has 8 nitrogen and oxygen atoms in total. The molecular formula is C40H50Cl2N2O6. The average Bonchev–Trinajstić information content (AvgIpc) is 3.70.